The summed E-state index contributed by atoms with van der Waals surface area (Å²) in [5, 5.41) is 4.91. The van der Waals surface area contributed by atoms with Crippen LogP contribution in [0.15, 0.2) is 146 Å². The van der Waals surface area contributed by atoms with Gasteiger partial charge in [0.05, 0.1) is 39.7 Å². The van der Waals surface area contributed by atoms with Gasteiger partial charge in [-0.3, -0.25) is 5.43 Å². The Balaban J connectivity index is 1.04. The number of thiazole rings is 1. The highest BCUT2D eigenvalue weighted by atomic mass is 32.1. The Bertz CT molecular complexity index is 2540. The van der Waals surface area contributed by atoms with Gasteiger partial charge < -0.3 is 33.2 Å². The normalized spacial score (nSPS) is 10.6. The summed E-state index contributed by atoms with van der Waals surface area (Å²) in [4.78, 5) is 65.6. The third kappa shape index (κ3) is 12.4. The molecule has 1 aromatic heterocycles. The Morgan fingerprint density at radius 2 is 1.20 bits per heavy atom. The van der Waals surface area contributed by atoms with E-state index < -0.39 is 29.8 Å². The fourth-order valence-electron chi connectivity index (χ4n) is 5.16. The summed E-state index contributed by atoms with van der Waals surface area (Å²) < 4.78 is 37.9. The molecule has 0 atom stereocenters. The molecular formula is C45H35N3O12S. The van der Waals surface area contributed by atoms with Crippen molar-refractivity contribution in [3.8, 4) is 23.0 Å². The number of hydrogen-bond acceptors (Lipinski definition) is 16. The number of fused-ring (bicyclic) bond motifs is 1. The van der Waals surface area contributed by atoms with Crippen molar-refractivity contribution in [2.24, 2.45) is 5.10 Å². The van der Waals surface area contributed by atoms with Gasteiger partial charge in [-0.2, -0.15) is 5.10 Å². The standard InChI is InChI=1S/C45H35N3O12S/c1-3-40(49)57-27-55-34-16-10-31(11-17-34)43(52)59-36-20-14-30(15-21-36)42(51)54-24-23-29-9-22-38(33(25-29)26-46-48-45-47-37-7-5-6-8-39(37)61-45)60-44(53)32-12-18-35(19-13-32)56-28-58-41(50)4-2/h3-22,25-26H,1-2,23-24,27-28H2,(H,47,48)/b46-26+. The van der Waals surface area contributed by atoms with Crippen LogP contribution in [0.2, 0.25) is 0 Å². The summed E-state index contributed by atoms with van der Waals surface area (Å²) in [6.07, 6.45) is 3.84. The largest absolute Gasteiger partial charge is 0.462 e. The van der Waals surface area contributed by atoms with Gasteiger partial charge in [-0.05, 0) is 103 Å². The predicted molar refractivity (Wildman–Crippen MR) is 224 cm³/mol. The maximum atomic E-state index is 13.2. The van der Waals surface area contributed by atoms with E-state index in [4.69, 9.17) is 33.2 Å². The molecule has 6 rings (SSSR count). The first-order valence-electron chi connectivity index (χ1n) is 18.2. The molecule has 0 amide bonds. The Morgan fingerprint density at radius 1 is 0.639 bits per heavy atom. The summed E-state index contributed by atoms with van der Waals surface area (Å²) in [5.41, 5.74) is 5.68. The van der Waals surface area contributed by atoms with E-state index in [-0.39, 0.29) is 48.4 Å². The van der Waals surface area contributed by atoms with Gasteiger partial charge in [0.15, 0.2) is 0 Å². The lowest BCUT2D eigenvalue weighted by Crippen LogP contribution is -2.11. The highest BCUT2D eigenvalue weighted by molar-refractivity contribution is 7.22. The lowest BCUT2D eigenvalue weighted by atomic mass is 10.1. The van der Waals surface area contributed by atoms with Gasteiger partial charge >= 0.3 is 29.8 Å². The lowest BCUT2D eigenvalue weighted by Gasteiger charge is -2.11. The SMILES string of the molecule is C=CC(=O)OCOc1ccc(C(=O)Oc2ccc(C(=O)OCCc3ccc(OC(=O)c4ccc(OCOC(=O)C=C)cc4)c(/C=N/Nc4nc5ccccc5s4)c3)cc2)cc1. The minimum absolute atomic E-state index is 0.0207. The third-order valence-electron chi connectivity index (χ3n) is 8.23. The van der Waals surface area contributed by atoms with Gasteiger partial charge in [-0.1, -0.05) is 42.7 Å². The number of nitrogens with one attached hydrogen (secondary N) is 1. The smallest absolute Gasteiger partial charge is 0.343 e. The van der Waals surface area contributed by atoms with Crippen LogP contribution >= 0.6 is 11.3 Å². The van der Waals surface area contributed by atoms with Crippen molar-refractivity contribution < 1.29 is 57.1 Å². The van der Waals surface area contributed by atoms with Gasteiger partial charge in [0.1, 0.15) is 23.0 Å². The molecule has 0 saturated carbocycles. The van der Waals surface area contributed by atoms with E-state index in [1.165, 1.54) is 90.3 Å². The van der Waals surface area contributed by atoms with Crippen LogP contribution in [-0.2, 0) is 30.2 Å². The average Bonchev–Trinajstić information content (AvgIpc) is 3.70. The number of hydrazone groups is 1. The van der Waals surface area contributed by atoms with Crippen LogP contribution in [0.1, 0.15) is 42.2 Å². The summed E-state index contributed by atoms with van der Waals surface area (Å²) in [5.74, 6) is -1.97. The monoisotopic (exact) mass is 841 g/mol. The molecule has 0 fully saturated rings. The number of carbonyl (C=O) groups excluding carboxylic acids is 5. The summed E-state index contributed by atoms with van der Waals surface area (Å²) in [6.45, 7) is 6.01. The van der Waals surface area contributed by atoms with Gasteiger partial charge in [-0.15, -0.1) is 0 Å². The van der Waals surface area contributed by atoms with E-state index in [0.717, 1.165) is 27.9 Å². The number of aromatic nitrogens is 1. The first-order chi connectivity index (χ1) is 29.7. The third-order valence-corrected chi connectivity index (χ3v) is 9.17. The molecule has 0 spiro atoms. The van der Waals surface area contributed by atoms with Crippen molar-refractivity contribution in [1.29, 1.82) is 0 Å². The molecule has 0 aliphatic rings. The van der Waals surface area contributed by atoms with Crippen molar-refractivity contribution in [3.63, 3.8) is 0 Å². The number of carbonyl (C=O) groups is 5. The fraction of sp³-hybridized carbons (Fsp3) is 0.0889. The van der Waals surface area contributed by atoms with Gasteiger partial charge in [0, 0.05) is 24.1 Å². The quantitative estimate of drug-likeness (QED) is 0.0159. The van der Waals surface area contributed by atoms with E-state index in [1.54, 1.807) is 18.2 Å². The van der Waals surface area contributed by atoms with Crippen LogP contribution in [-0.4, -0.2) is 61.2 Å². The second kappa shape index (κ2) is 21.1. The minimum Gasteiger partial charge on any atom is -0.462 e. The molecule has 1 heterocycles. The molecule has 1 N–H and O–H groups in total. The van der Waals surface area contributed by atoms with E-state index in [1.807, 2.05) is 24.3 Å². The summed E-state index contributed by atoms with van der Waals surface area (Å²) in [6, 6.07) is 30.8. The highest BCUT2D eigenvalue weighted by Gasteiger charge is 2.15. The molecule has 6 aromatic rings. The van der Waals surface area contributed by atoms with Crippen molar-refractivity contribution >= 4 is 62.7 Å². The second-order valence-corrected chi connectivity index (χ2v) is 13.4. The zero-order chi connectivity index (χ0) is 43.0. The molecule has 16 heteroatoms. The van der Waals surface area contributed by atoms with E-state index in [0.29, 0.717) is 28.6 Å². The number of benzene rings is 5. The maximum Gasteiger partial charge on any atom is 0.343 e. The maximum absolute atomic E-state index is 13.2. The molecule has 5 aromatic carbocycles. The number of para-hydroxylation sites is 1. The number of esters is 5. The van der Waals surface area contributed by atoms with Crippen LogP contribution in [0, 0.1) is 0 Å². The number of ether oxygens (including phenoxy) is 7. The van der Waals surface area contributed by atoms with Crippen molar-refractivity contribution in [2.75, 3.05) is 25.6 Å². The number of hydrogen-bond donors (Lipinski definition) is 1. The number of nitrogens with zero attached hydrogens (tertiary/aromatic N) is 2. The highest BCUT2D eigenvalue weighted by Crippen LogP contribution is 2.26. The zero-order valence-corrected chi connectivity index (χ0v) is 33.0. The molecule has 0 aliphatic heterocycles. The van der Waals surface area contributed by atoms with Gasteiger partial charge in [0.2, 0.25) is 18.7 Å². The molecule has 0 bridgehead atoms. The van der Waals surface area contributed by atoms with Crippen LogP contribution in [0.25, 0.3) is 10.2 Å². The first-order valence-corrected chi connectivity index (χ1v) is 19.0. The molecule has 0 aliphatic carbocycles. The average molecular weight is 842 g/mol. The first kappa shape index (κ1) is 42.5. The van der Waals surface area contributed by atoms with Crippen LogP contribution in [0.3, 0.4) is 0 Å². The molecule has 0 radical (unpaired) electrons. The fourth-order valence-corrected chi connectivity index (χ4v) is 5.97. The minimum atomic E-state index is -0.646. The summed E-state index contributed by atoms with van der Waals surface area (Å²) in [7, 11) is 0. The van der Waals surface area contributed by atoms with Crippen LogP contribution in [0.4, 0.5) is 5.13 Å². The zero-order valence-electron chi connectivity index (χ0n) is 32.1. The Kier molecular flexibility index (Phi) is 14.7. The Morgan fingerprint density at radius 3 is 1.79 bits per heavy atom. The second-order valence-electron chi connectivity index (χ2n) is 12.3. The molecular weight excluding hydrogens is 807 g/mol. The van der Waals surface area contributed by atoms with Crippen molar-refractivity contribution in [3.05, 3.63) is 168 Å². The Hall–Kier alpha value is -8.11. The number of anilines is 1. The van der Waals surface area contributed by atoms with Gasteiger partial charge in [-0.25, -0.2) is 29.0 Å². The predicted octanol–water partition coefficient (Wildman–Crippen LogP) is 7.71. The molecule has 308 valence electrons. The molecule has 61 heavy (non-hydrogen) atoms. The van der Waals surface area contributed by atoms with E-state index in [2.05, 4.69) is 28.7 Å². The molecule has 0 saturated heterocycles. The van der Waals surface area contributed by atoms with Crippen LogP contribution < -0.4 is 24.4 Å². The Labute approximate surface area is 352 Å². The van der Waals surface area contributed by atoms with E-state index >= 15 is 0 Å². The topological polar surface area (TPSA) is 187 Å². The van der Waals surface area contributed by atoms with Crippen molar-refractivity contribution in [2.45, 2.75) is 6.42 Å². The van der Waals surface area contributed by atoms with Crippen molar-refractivity contribution in [1.82, 2.24) is 4.98 Å². The number of rotatable bonds is 19. The van der Waals surface area contributed by atoms with E-state index in [9.17, 15) is 24.0 Å². The van der Waals surface area contributed by atoms with Crippen LogP contribution in [0.5, 0.6) is 23.0 Å². The molecule has 0 unspecified atom stereocenters. The summed E-state index contributed by atoms with van der Waals surface area (Å²) >= 11 is 1.43. The molecule has 15 nitrogen and oxygen atoms in total. The lowest BCUT2D eigenvalue weighted by molar-refractivity contribution is -0.145. The van der Waals surface area contributed by atoms with Gasteiger partial charge in [0.25, 0.3) is 0 Å².